The molecule has 0 saturated heterocycles. The first-order chi connectivity index (χ1) is 7.13. The predicted molar refractivity (Wildman–Crippen MR) is 55.1 cm³/mol. The van der Waals surface area contributed by atoms with Crippen molar-refractivity contribution in [2.45, 2.75) is 4.90 Å². The molecule has 0 spiro atoms. The van der Waals surface area contributed by atoms with Crippen LogP contribution in [0.15, 0.2) is 17.0 Å². The standard InChI is InChI=1S/C10H7NO3S/c1-14-10(13)6-2-7(4-11)9(15)8(3-6)5-12/h2-3,5,15H,1H3. The minimum Gasteiger partial charge on any atom is -0.465 e. The van der Waals surface area contributed by atoms with Gasteiger partial charge in [0, 0.05) is 10.5 Å². The molecular formula is C10H7NO3S. The molecule has 0 N–H and O–H groups in total. The molecule has 15 heavy (non-hydrogen) atoms. The number of ether oxygens (including phenoxy) is 1. The maximum Gasteiger partial charge on any atom is 0.337 e. The quantitative estimate of drug-likeness (QED) is 0.466. The van der Waals surface area contributed by atoms with Gasteiger partial charge in [-0.1, -0.05) is 0 Å². The number of rotatable bonds is 2. The van der Waals surface area contributed by atoms with Crippen molar-refractivity contribution in [2.75, 3.05) is 7.11 Å². The summed E-state index contributed by atoms with van der Waals surface area (Å²) in [5, 5.41) is 8.75. The zero-order chi connectivity index (χ0) is 11.4. The maximum absolute atomic E-state index is 11.2. The fraction of sp³-hybridized carbons (Fsp3) is 0.100. The van der Waals surface area contributed by atoms with E-state index in [2.05, 4.69) is 17.4 Å². The van der Waals surface area contributed by atoms with Gasteiger partial charge in [0.1, 0.15) is 6.07 Å². The van der Waals surface area contributed by atoms with Crippen LogP contribution in [0, 0.1) is 11.3 Å². The Morgan fingerprint density at radius 3 is 2.73 bits per heavy atom. The Labute approximate surface area is 91.9 Å². The summed E-state index contributed by atoms with van der Waals surface area (Å²) in [6.45, 7) is 0. The number of hydrogen-bond acceptors (Lipinski definition) is 5. The molecule has 0 heterocycles. The van der Waals surface area contributed by atoms with Gasteiger partial charge < -0.3 is 4.74 Å². The Bertz CT molecular complexity index is 462. The van der Waals surface area contributed by atoms with Crippen LogP contribution in [-0.4, -0.2) is 19.4 Å². The van der Waals surface area contributed by atoms with Crippen LogP contribution >= 0.6 is 12.6 Å². The van der Waals surface area contributed by atoms with Crippen LogP contribution < -0.4 is 0 Å². The third-order valence-corrected chi connectivity index (χ3v) is 2.31. The molecule has 1 aromatic carbocycles. The molecule has 5 heteroatoms. The molecule has 76 valence electrons. The van der Waals surface area contributed by atoms with Crippen molar-refractivity contribution in [3.8, 4) is 6.07 Å². The van der Waals surface area contributed by atoms with Crippen molar-refractivity contribution < 1.29 is 14.3 Å². The molecule has 0 aliphatic rings. The van der Waals surface area contributed by atoms with Gasteiger partial charge in [0.15, 0.2) is 6.29 Å². The molecule has 0 aromatic heterocycles. The molecule has 0 aliphatic heterocycles. The van der Waals surface area contributed by atoms with E-state index in [1.54, 1.807) is 0 Å². The van der Waals surface area contributed by atoms with E-state index in [1.807, 2.05) is 6.07 Å². The van der Waals surface area contributed by atoms with Gasteiger partial charge in [-0.25, -0.2) is 4.79 Å². The van der Waals surface area contributed by atoms with Gasteiger partial charge in [-0.2, -0.15) is 5.26 Å². The smallest absolute Gasteiger partial charge is 0.337 e. The summed E-state index contributed by atoms with van der Waals surface area (Å²) in [5.41, 5.74) is 0.523. The number of nitriles is 1. The minimum atomic E-state index is -0.595. The minimum absolute atomic E-state index is 0.161. The van der Waals surface area contributed by atoms with Gasteiger partial charge in [-0.15, -0.1) is 12.6 Å². The molecule has 0 amide bonds. The van der Waals surface area contributed by atoms with Gasteiger partial charge >= 0.3 is 5.97 Å². The summed E-state index contributed by atoms with van der Waals surface area (Å²) in [5.74, 6) is -0.595. The zero-order valence-corrected chi connectivity index (χ0v) is 8.75. The van der Waals surface area contributed by atoms with Crippen molar-refractivity contribution in [1.29, 1.82) is 5.26 Å². The molecule has 1 aromatic rings. The average Bonchev–Trinajstić information content (AvgIpc) is 2.28. The topological polar surface area (TPSA) is 67.2 Å². The second-order valence-electron chi connectivity index (χ2n) is 2.68. The summed E-state index contributed by atoms with van der Waals surface area (Å²) in [4.78, 5) is 22.1. The third kappa shape index (κ3) is 2.17. The fourth-order valence-corrected chi connectivity index (χ4v) is 1.30. The summed E-state index contributed by atoms with van der Waals surface area (Å²) < 4.78 is 4.49. The molecule has 0 unspecified atom stereocenters. The van der Waals surface area contributed by atoms with E-state index in [0.29, 0.717) is 6.29 Å². The number of benzene rings is 1. The first-order valence-electron chi connectivity index (χ1n) is 3.94. The Kier molecular flexibility index (Phi) is 3.47. The lowest BCUT2D eigenvalue weighted by molar-refractivity contribution is 0.0600. The molecule has 0 radical (unpaired) electrons. The Hall–Kier alpha value is -1.80. The molecule has 0 aliphatic carbocycles. The lowest BCUT2D eigenvalue weighted by atomic mass is 10.1. The predicted octanol–water partition coefficient (Wildman–Crippen LogP) is 1.45. The monoisotopic (exact) mass is 221 g/mol. The van der Waals surface area contributed by atoms with E-state index >= 15 is 0 Å². The Morgan fingerprint density at radius 2 is 2.27 bits per heavy atom. The van der Waals surface area contributed by atoms with E-state index in [4.69, 9.17) is 5.26 Å². The zero-order valence-electron chi connectivity index (χ0n) is 7.85. The highest BCUT2D eigenvalue weighted by Gasteiger charge is 2.12. The van der Waals surface area contributed by atoms with Crippen molar-refractivity contribution in [2.24, 2.45) is 0 Å². The van der Waals surface area contributed by atoms with Crippen LogP contribution in [0.3, 0.4) is 0 Å². The highest BCUT2D eigenvalue weighted by atomic mass is 32.1. The second kappa shape index (κ2) is 4.62. The number of carbonyl (C=O) groups excluding carboxylic acids is 2. The normalized spacial score (nSPS) is 9.13. The van der Waals surface area contributed by atoms with Crippen LogP contribution in [0.5, 0.6) is 0 Å². The van der Waals surface area contributed by atoms with Crippen molar-refractivity contribution >= 4 is 24.9 Å². The van der Waals surface area contributed by atoms with E-state index in [9.17, 15) is 9.59 Å². The van der Waals surface area contributed by atoms with E-state index in [-0.39, 0.29) is 21.6 Å². The number of hydrogen-bond donors (Lipinski definition) is 1. The highest BCUT2D eigenvalue weighted by molar-refractivity contribution is 7.80. The second-order valence-corrected chi connectivity index (χ2v) is 3.13. The summed E-state index contributed by atoms with van der Waals surface area (Å²) >= 11 is 4.01. The average molecular weight is 221 g/mol. The van der Waals surface area contributed by atoms with Crippen LogP contribution in [0.2, 0.25) is 0 Å². The fourth-order valence-electron chi connectivity index (χ4n) is 1.07. The summed E-state index contributed by atoms with van der Waals surface area (Å²) in [7, 11) is 1.23. The number of carbonyl (C=O) groups is 2. The first-order valence-corrected chi connectivity index (χ1v) is 4.39. The largest absolute Gasteiger partial charge is 0.465 e. The number of aldehydes is 1. The summed E-state index contributed by atoms with van der Waals surface area (Å²) in [6, 6.07) is 4.52. The van der Waals surface area contributed by atoms with Crippen molar-refractivity contribution in [3.05, 3.63) is 28.8 Å². The maximum atomic E-state index is 11.2. The van der Waals surface area contributed by atoms with Crippen LogP contribution in [0.4, 0.5) is 0 Å². The SMILES string of the molecule is COC(=O)c1cc(C#N)c(S)c(C=O)c1. The number of nitrogens with zero attached hydrogens (tertiary/aromatic N) is 1. The molecule has 0 saturated carbocycles. The Balaban J connectivity index is 3.41. The number of methoxy groups -OCH3 is 1. The first kappa shape index (κ1) is 11.3. The van der Waals surface area contributed by atoms with Crippen LogP contribution in [0.25, 0.3) is 0 Å². The van der Waals surface area contributed by atoms with Crippen molar-refractivity contribution in [1.82, 2.24) is 0 Å². The molecule has 0 bridgehead atoms. The van der Waals surface area contributed by atoms with Crippen LogP contribution in [-0.2, 0) is 4.74 Å². The van der Waals surface area contributed by atoms with Gasteiger partial charge in [-0.3, -0.25) is 4.79 Å². The summed E-state index contributed by atoms with van der Waals surface area (Å²) in [6.07, 6.45) is 0.537. The van der Waals surface area contributed by atoms with E-state index in [1.165, 1.54) is 19.2 Å². The molecule has 0 atom stereocenters. The molecule has 4 nitrogen and oxygen atoms in total. The lowest BCUT2D eigenvalue weighted by Gasteiger charge is -2.04. The lowest BCUT2D eigenvalue weighted by Crippen LogP contribution is -2.03. The van der Waals surface area contributed by atoms with Crippen molar-refractivity contribution in [3.63, 3.8) is 0 Å². The van der Waals surface area contributed by atoms with E-state index in [0.717, 1.165) is 0 Å². The van der Waals surface area contributed by atoms with Gasteiger partial charge in [0.25, 0.3) is 0 Å². The van der Waals surface area contributed by atoms with E-state index < -0.39 is 5.97 Å². The highest BCUT2D eigenvalue weighted by Crippen LogP contribution is 2.20. The van der Waals surface area contributed by atoms with Gasteiger partial charge in [-0.05, 0) is 12.1 Å². The van der Waals surface area contributed by atoms with Gasteiger partial charge in [0.05, 0.1) is 18.2 Å². The number of thiol groups is 1. The molecular weight excluding hydrogens is 214 g/mol. The number of esters is 1. The Morgan fingerprint density at radius 1 is 1.60 bits per heavy atom. The molecule has 0 fully saturated rings. The van der Waals surface area contributed by atoms with Crippen LogP contribution in [0.1, 0.15) is 26.3 Å². The van der Waals surface area contributed by atoms with Gasteiger partial charge in [0.2, 0.25) is 0 Å². The third-order valence-electron chi connectivity index (χ3n) is 1.81. The molecule has 1 rings (SSSR count).